The van der Waals surface area contributed by atoms with Crippen molar-refractivity contribution in [3.8, 4) is 0 Å². The second-order valence-electron chi connectivity index (χ2n) is 5.88. The first kappa shape index (κ1) is 15.0. The van der Waals surface area contributed by atoms with Crippen molar-refractivity contribution in [2.75, 3.05) is 0 Å². The minimum absolute atomic E-state index is 0.0461. The molecular formula is C17H17ClF2. The molecule has 2 aromatic carbocycles. The lowest BCUT2D eigenvalue weighted by Crippen LogP contribution is -2.11. The van der Waals surface area contributed by atoms with E-state index in [4.69, 9.17) is 11.6 Å². The van der Waals surface area contributed by atoms with Crippen LogP contribution in [0.5, 0.6) is 0 Å². The molecule has 0 aliphatic carbocycles. The molecule has 0 spiro atoms. The SMILES string of the molecule is CC(C)(C)c1ccc(C(Cl)c2cccc(F)c2F)cc1. The van der Waals surface area contributed by atoms with Crippen molar-refractivity contribution in [3.63, 3.8) is 0 Å². The van der Waals surface area contributed by atoms with E-state index < -0.39 is 17.0 Å². The Hall–Kier alpha value is -1.41. The number of rotatable bonds is 2. The molecule has 0 aliphatic rings. The first-order valence-corrected chi connectivity index (χ1v) is 6.93. The van der Waals surface area contributed by atoms with Crippen LogP contribution in [0.2, 0.25) is 0 Å². The van der Waals surface area contributed by atoms with Gasteiger partial charge in [0.1, 0.15) is 0 Å². The van der Waals surface area contributed by atoms with Gasteiger partial charge in [-0.15, -0.1) is 11.6 Å². The molecule has 0 amide bonds. The van der Waals surface area contributed by atoms with Gasteiger partial charge in [-0.05, 0) is 22.6 Å². The fraction of sp³-hybridized carbons (Fsp3) is 0.294. The maximum absolute atomic E-state index is 13.7. The highest BCUT2D eigenvalue weighted by Crippen LogP contribution is 2.32. The molecule has 3 heteroatoms. The van der Waals surface area contributed by atoms with Crippen LogP contribution in [0.25, 0.3) is 0 Å². The first-order valence-electron chi connectivity index (χ1n) is 6.49. The van der Waals surface area contributed by atoms with E-state index in [0.717, 1.165) is 11.6 Å². The quantitative estimate of drug-likeness (QED) is 0.633. The first-order chi connectivity index (χ1) is 9.30. The van der Waals surface area contributed by atoms with Crippen LogP contribution in [0.1, 0.15) is 42.8 Å². The fourth-order valence-corrected chi connectivity index (χ4v) is 2.36. The summed E-state index contributed by atoms with van der Waals surface area (Å²) in [6.07, 6.45) is 0. The second kappa shape index (κ2) is 5.53. The molecule has 2 aromatic rings. The molecule has 0 radical (unpaired) electrons. The van der Waals surface area contributed by atoms with Gasteiger partial charge in [0.2, 0.25) is 0 Å². The van der Waals surface area contributed by atoms with Crippen LogP contribution in [0, 0.1) is 11.6 Å². The molecule has 0 fully saturated rings. The van der Waals surface area contributed by atoms with Crippen LogP contribution >= 0.6 is 11.6 Å². The van der Waals surface area contributed by atoms with Crippen molar-refractivity contribution in [3.05, 3.63) is 70.8 Å². The Kier molecular flexibility index (Phi) is 4.14. The molecule has 0 bridgehead atoms. The highest BCUT2D eigenvalue weighted by Gasteiger charge is 2.19. The van der Waals surface area contributed by atoms with Crippen molar-refractivity contribution in [2.45, 2.75) is 31.6 Å². The number of hydrogen-bond acceptors (Lipinski definition) is 0. The minimum atomic E-state index is -0.882. The fourth-order valence-electron chi connectivity index (χ4n) is 2.05. The summed E-state index contributed by atoms with van der Waals surface area (Å²) in [6, 6.07) is 11.7. The summed E-state index contributed by atoms with van der Waals surface area (Å²) in [5, 5.41) is -0.695. The molecule has 106 valence electrons. The van der Waals surface area contributed by atoms with Gasteiger partial charge in [0.25, 0.3) is 0 Å². The molecule has 0 heterocycles. The molecule has 20 heavy (non-hydrogen) atoms. The number of hydrogen-bond donors (Lipinski definition) is 0. The van der Waals surface area contributed by atoms with E-state index in [0.29, 0.717) is 0 Å². The van der Waals surface area contributed by atoms with E-state index in [1.54, 1.807) is 0 Å². The zero-order chi connectivity index (χ0) is 14.9. The summed E-state index contributed by atoms with van der Waals surface area (Å²) >= 11 is 6.27. The number of halogens is 3. The Morgan fingerprint density at radius 2 is 1.55 bits per heavy atom. The molecule has 0 saturated carbocycles. The van der Waals surface area contributed by atoms with E-state index in [9.17, 15) is 8.78 Å². The molecule has 0 saturated heterocycles. The predicted octanol–water partition coefficient (Wildman–Crippen LogP) is 5.59. The lowest BCUT2D eigenvalue weighted by Gasteiger charge is -2.20. The summed E-state index contributed by atoms with van der Waals surface area (Å²) in [7, 11) is 0. The Labute approximate surface area is 123 Å². The highest BCUT2D eigenvalue weighted by molar-refractivity contribution is 6.22. The van der Waals surface area contributed by atoms with Crippen molar-refractivity contribution < 1.29 is 8.78 Å². The lowest BCUT2D eigenvalue weighted by atomic mass is 9.86. The standard InChI is InChI=1S/C17H17ClF2/c1-17(2,3)12-9-7-11(8-10-12)15(18)13-5-4-6-14(19)16(13)20/h4-10,15H,1-3H3. The van der Waals surface area contributed by atoms with Gasteiger partial charge in [-0.25, -0.2) is 8.78 Å². The maximum Gasteiger partial charge on any atom is 0.163 e. The predicted molar refractivity (Wildman–Crippen MR) is 79.2 cm³/mol. The second-order valence-corrected chi connectivity index (χ2v) is 6.31. The summed E-state index contributed by atoms with van der Waals surface area (Å²) in [5.41, 5.74) is 2.13. The van der Waals surface area contributed by atoms with E-state index in [2.05, 4.69) is 20.8 Å². The Balaban J connectivity index is 2.34. The number of alkyl halides is 1. The molecule has 1 atom stereocenters. The summed E-state index contributed by atoms with van der Waals surface area (Å²) in [6.45, 7) is 6.35. The summed E-state index contributed by atoms with van der Waals surface area (Å²) in [5.74, 6) is -1.76. The summed E-state index contributed by atoms with van der Waals surface area (Å²) in [4.78, 5) is 0. The van der Waals surface area contributed by atoms with Crippen LogP contribution < -0.4 is 0 Å². The van der Waals surface area contributed by atoms with E-state index in [-0.39, 0.29) is 11.0 Å². The summed E-state index contributed by atoms with van der Waals surface area (Å²) < 4.78 is 27.0. The average molecular weight is 295 g/mol. The third kappa shape index (κ3) is 3.01. The van der Waals surface area contributed by atoms with Crippen molar-refractivity contribution in [1.29, 1.82) is 0 Å². The van der Waals surface area contributed by atoms with Crippen LogP contribution in [-0.4, -0.2) is 0 Å². The topological polar surface area (TPSA) is 0 Å². The van der Waals surface area contributed by atoms with Gasteiger partial charge in [0.15, 0.2) is 11.6 Å². The van der Waals surface area contributed by atoms with E-state index in [1.807, 2.05) is 24.3 Å². The zero-order valence-corrected chi connectivity index (χ0v) is 12.5. The van der Waals surface area contributed by atoms with Crippen molar-refractivity contribution in [2.24, 2.45) is 0 Å². The number of benzene rings is 2. The molecule has 1 unspecified atom stereocenters. The van der Waals surface area contributed by atoms with Gasteiger partial charge >= 0.3 is 0 Å². The molecule has 2 rings (SSSR count). The van der Waals surface area contributed by atoms with Gasteiger partial charge in [0.05, 0.1) is 5.38 Å². The maximum atomic E-state index is 13.7. The highest BCUT2D eigenvalue weighted by atomic mass is 35.5. The minimum Gasteiger partial charge on any atom is -0.204 e. The van der Waals surface area contributed by atoms with Crippen LogP contribution in [0.3, 0.4) is 0 Å². The van der Waals surface area contributed by atoms with Crippen LogP contribution in [-0.2, 0) is 5.41 Å². The van der Waals surface area contributed by atoms with Crippen molar-refractivity contribution in [1.82, 2.24) is 0 Å². The average Bonchev–Trinajstić information content (AvgIpc) is 2.40. The van der Waals surface area contributed by atoms with Gasteiger partial charge in [-0.2, -0.15) is 0 Å². The van der Waals surface area contributed by atoms with Crippen LogP contribution in [0.4, 0.5) is 8.78 Å². The van der Waals surface area contributed by atoms with Gasteiger partial charge in [-0.3, -0.25) is 0 Å². The molecule has 0 aromatic heterocycles. The van der Waals surface area contributed by atoms with Gasteiger partial charge in [-0.1, -0.05) is 57.2 Å². The van der Waals surface area contributed by atoms with E-state index in [1.165, 1.54) is 17.7 Å². The monoisotopic (exact) mass is 294 g/mol. The third-order valence-electron chi connectivity index (χ3n) is 3.32. The molecule has 0 aliphatic heterocycles. The Morgan fingerprint density at radius 1 is 0.950 bits per heavy atom. The normalized spacial score (nSPS) is 13.3. The third-order valence-corrected chi connectivity index (χ3v) is 3.81. The molecule has 0 N–H and O–H groups in total. The lowest BCUT2D eigenvalue weighted by molar-refractivity contribution is 0.500. The van der Waals surface area contributed by atoms with Gasteiger partial charge < -0.3 is 0 Å². The largest absolute Gasteiger partial charge is 0.204 e. The van der Waals surface area contributed by atoms with Crippen molar-refractivity contribution >= 4 is 11.6 Å². The van der Waals surface area contributed by atoms with E-state index >= 15 is 0 Å². The molecule has 0 nitrogen and oxygen atoms in total. The zero-order valence-electron chi connectivity index (χ0n) is 11.8. The molecular weight excluding hydrogens is 278 g/mol. The Bertz CT molecular complexity index is 597. The van der Waals surface area contributed by atoms with Gasteiger partial charge in [0, 0.05) is 5.56 Å². The van der Waals surface area contributed by atoms with Crippen LogP contribution in [0.15, 0.2) is 42.5 Å². The smallest absolute Gasteiger partial charge is 0.163 e. The Morgan fingerprint density at radius 3 is 2.10 bits per heavy atom.